The molecule has 1 unspecified atom stereocenters. The van der Waals surface area contributed by atoms with Crippen LogP contribution in [0.15, 0.2) is 18.3 Å². The SMILES string of the molecule is CCCNC(=O)c1ccc(NC2CC(=O)N(C(C)(C)C)C2)nc1. The second-order valence-corrected chi connectivity index (χ2v) is 6.91. The summed E-state index contributed by atoms with van der Waals surface area (Å²) < 4.78 is 0. The van der Waals surface area contributed by atoms with Crippen LogP contribution in [0.1, 0.15) is 50.9 Å². The van der Waals surface area contributed by atoms with Gasteiger partial charge < -0.3 is 15.5 Å². The van der Waals surface area contributed by atoms with Crippen molar-refractivity contribution in [3.8, 4) is 0 Å². The summed E-state index contributed by atoms with van der Waals surface area (Å²) in [4.78, 5) is 30.1. The number of likely N-dealkylation sites (tertiary alicyclic amines) is 1. The number of pyridine rings is 1. The molecule has 2 heterocycles. The number of hydrogen-bond acceptors (Lipinski definition) is 4. The van der Waals surface area contributed by atoms with E-state index in [4.69, 9.17) is 0 Å². The zero-order valence-electron chi connectivity index (χ0n) is 14.3. The fraction of sp³-hybridized carbons (Fsp3) is 0.588. The molecule has 2 N–H and O–H groups in total. The average Bonchev–Trinajstić information content (AvgIpc) is 2.86. The summed E-state index contributed by atoms with van der Waals surface area (Å²) in [7, 11) is 0. The van der Waals surface area contributed by atoms with Crippen LogP contribution in [0.3, 0.4) is 0 Å². The van der Waals surface area contributed by atoms with Crippen molar-refractivity contribution in [1.29, 1.82) is 0 Å². The first kappa shape index (κ1) is 17.2. The van der Waals surface area contributed by atoms with Crippen LogP contribution in [0.2, 0.25) is 0 Å². The molecule has 1 aliphatic heterocycles. The van der Waals surface area contributed by atoms with Gasteiger partial charge >= 0.3 is 0 Å². The number of aromatic nitrogens is 1. The summed E-state index contributed by atoms with van der Waals surface area (Å²) in [5.41, 5.74) is 0.380. The fourth-order valence-electron chi connectivity index (χ4n) is 2.62. The lowest BCUT2D eigenvalue weighted by Gasteiger charge is -2.32. The number of hydrogen-bond donors (Lipinski definition) is 2. The number of anilines is 1. The number of carbonyl (C=O) groups is 2. The first-order valence-corrected chi connectivity index (χ1v) is 8.12. The van der Waals surface area contributed by atoms with E-state index in [0.29, 0.717) is 30.9 Å². The molecule has 0 aromatic carbocycles. The van der Waals surface area contributed by atoms with Crippen LogP contribution in [0.5, 0.6) is 0 Å². The Kier molecular flexibility index (Phi) is 5.23. The molecule has 2 amide bonds. The molecule has 1 saturated heterocycles. The highest BCUT2D eigenvalue weighted by atomic mass is 16.2. The van der Waals surface area contributed by atoms with E-state index in [1.54, 1.807) is 18.3 Å². The molecule has 126 valence electrons. The van der Waals surface area contributed by atoms with E-state index in [1.807, 2.05) is 32.6 Å². The zero-order chi connectivity index (χ0) is 17.0. The second kappa shape index (κ2) is 6.98. The summed E-state index contributed by atoms with van der Waals surface area (Å²) in [6, 6.07) is 3.58. The van der Waals surface area contributed by atoms with Gasteiger partial charge in [0.15, 0.2) is 0 Å². The number of carbonyl (C=O) groups excluding carboxylic acids is 2. The molecule has 1 aromatic heterocycles. The number of nitrogens with zero attached hydrogens (tertiary/aromatic N) is 2. The molecular weight excluding hydrogens is 292 g/mol. The van der Waals surface area contributed by atoms with Crippen LogP contribution >= 0.6 is 0 Å². The van der Waals surface area contributed by atoms with E-state index in [9.17, 15) is 9.59 Å². The Morgan fingerprint density at radius 1 is 1.39 bits per heavy atom. The highest BCUT2D eigenvalue weighted by molar-refractivity contribution is 5.94. The van der Waals surface area contributed by atoms with E-state index in [2.05, 4.69) is 15.6 Å². The van der Waals surface area contributed by atoms with Crippen molar-refractivity contribution >= 4 is 17.6 Å². The summed E-state index contributed by atoms with van der Waals surface area (Å²) in [6.07, 6.45) is 2.93. The predicted molar refractivity (Wildman–Crippen MR) is 90.4 cm³/mol. The molecule has 23 heavy (non-hydrogen) atoms. The van der Waals surface area contributed by atoms with Gasteiger partial charge in [0.2, 0.25) is 5.91 Å². The van der Waals surface area contributed by atoms with Crippen LogP contribution in [-0.2, 0) is 4.79 Å². The van der Waals surface area contributed by atoms with Crippen LogP contribution in [0.4, 0.5) is 5.82 Å². The third kappa shape index (κ3) is 4.43. The standard InChI is InChI=1S/C17H26N4O2/c1-5-8-18-16(23)12-6-7-14(19-10-12)20-13-9-15(22)21(11-13)17(2,3)4/h6-7,10,13H,5,8-9,11H2,1-4H3,(H,18,23)(H,19,20). The summed E-state index contributed by atoms with van der Waals surface area (Å²) >= 11 is 0. The topological polar surface area (TPSA) is 74.3 Å². The lowest BCUT2D eigenvalue weighted by Crippen LogP contribution is -2.43. The third-order valence-electron chi connectivity index (χ3n) is 3.85. The first-order chi connectivity index (χ1) is 10.8. The molecule has 1 aromatic rings. The van der Waals surface area contributed by atoms with Gasteiger partial charge in [0.25, 0.3) is 5.91 Å². The van der Waals surface area contributed by atoms with E-state index in [0.717, 1.165) is 6.42 Å². The molecule has 2 rings (SSSR count). The lowest BCUT2D eigenvalue weighted by atomic mass is 10.1. The Bertz CT molecular complexity index is 563. The zero-order valence-corrected chi connectivity index (χ0v) is 14.3. The number of rotatable bonds is 5. The molecule has 0 spiro atoms. The number of amides is 2. The fourth-order valence-corrected chi connectivity index (χ4v) is 2.62. The van der Waals surface area contributed by atoms with E-state index < -0.39 is 0 Å². The Morgan fingerprint density at radius 2 is 2.13 bits per heavy atom. The van der Waals surface area contributed by atoms with Crippen molar-refractivity contribution in [2.24, 2.45) is 0 Å². The van der Waals surface area contributed by atoms with Gasteiger partial charge in [-0.2, -0.15) is 0 Å². The van der Waals surface area contributed by atoms with E-state index >= 15 is 0 Å². The summed E-state index contributed by atoms with van der Waals surface area (Å²) in [6.45, 7) is 9.45. The van der Waals surface area contributed by atoms with Gasteiger partial charge in [0.1, 0.15) is 5.82 Å². The van der Waals surface area contributed by atoms with Crippen molar-refractivity contribution in [1.82, 2.24) is 15.2 Å². The smallest absolute Gasteiger partial charge is 0.252 e. The molecule has 6 nitrogen and oxygen atoms in total. The monoisotopic (exact) mass is 318 g/mol. The number of nitrogens with one attached hydrogen (secondary N) is 2. The average molecular weight is 318 g/mol. The Morgan fingerprint density at radius 3 is 2.65 bits per heavy atom. The quantitative estimate of drug-likeness (QED) is 0.871. The molecule has 0 radical (unpaired) electrons. The minimum absolute atomic E-state index is 0.0500. The van der Waals surface area contributed by atoms with Gasteiger partial charge in [0, 0.05) is 31.2 Å². The minimum Gasteiger partial charge on any atom is -0.365 e. The Labute approximate surface area is 137 Å². The van der Waals surface area contributed by atoms with E-state index in [-0.39, 0.29) is 23.4 Å². The van der Waals surface area contributed by atoms with Crippen LogP contribution in [0, 0.1) is 0 Å². The van der Waals surface area contributed by atoms with Crippen LogP contribution in [0.25, 0.3) is 0 Å². The van der Waals surface area contributed by atoms with Gasteiger partial charge in [-0.15, -0.1) is 0 Å². The highest BCUT2D eigenvalue weighted by Crippen LogP contribution is 2.23. The molecule has 0 bridgehead atoms. The maximum absolute atomic E-state index is 12.1. The lowest BCUT2D eigenvalue weighted by molar-refractivity contribution is -0.131. The van der Waals surface area contributed by atoms with Crippen molar-refractivity contribution < 1.29 is 9.59 Å². The molecule has 1 aliphatic rings. The van der Waals surface area contributed by atoms with Crippen molar-refractivity contribution in [2.75, 3.05) is 18.4 Å². The van der Waals surface area contributed by atoms with E-state index in [1.165, 1.54) is 0 Å². The molecule has 1 atom stereocenters. The van der Waals surface area contributed by atoms with Gasteiger partial charge in [-0.3, -0.25) is 9.59 Å². The van der Waals surface area contributed by atoms with Crippen LogP contribution < -0.4 is 10.6 Å². The molecular formula is C17H26N4O2. The molecule has 0 saturated carbocycles. The second-order valence-electron chi connectivity index (χ2n) is 6.91. The largest absolute Gasteiger partial charge is 0.365 e. The van der Waals surface area contributed by atoms with Crippen molar-refractivity contribution in [2.45, 2.75) is 52.1 Å². The van der Waals surface area contributed by atoms with Gasteiger partial charge in [0.05, 0.1) is 11.6 Å². The molecule has 6 heteroatoms. The van der Waals surface area contributed by atoms with Gasteiger partial charge in [-0.1, -0.05) is 6.92 Å². The maximum Gasteiger partial charge on any atom is 0.252 e. The summed E-state index contributed by atoms with van der Waals surface area (Å²) in [5, 5.41) is 6.10. The van der Waals surface area contributed by atoms with Crippen LogP contribution in [-0.4, -0.2) is 46.4 Å². The van der Waals surface area contributed by atoms with Crippen molar-refractivity contribution in [3.63, 3.8) is 0 Å². The Balaban J connectivity index is 1.94. The van der Waals surface area contributed by atoms with Gasteiger partial charge in [-0.05, 0) is 39.3 Å². The normalized spacial score (nSPS) is 18.2. The first-order valence-electron chi connectivity index (χ1n) is 8.12. The van der Waals surface area contributed by atoms with Gasteiger partial charge in [-0.25, -0.2) is 4.98 Å². The predicted octanol–water partition coefficient (Wildman–Crippen LogP) is 2.03. The summed E-state index contributed by atoms with van der Waals surface area (Å²) in [5.74, 6) is 0.733. The minimum atomic E-state index is -0.165. The third-order valence-corrected chi connectivity index (χ3v) is 3.85. The highest BCUT2D eigenvalue weighted by Gasteiger charge is 2.36. The maximum atomic E-state index is 12.1. The van der Waals surface area contributed by atoms with Crippen molar-refractivity contribution in [3.05, 3.63) is 23.9 Å². The Hall–Kier alpha value is -2.11. The molecule has 0 aliphatic carbocycles. The molecule has 1 fully saturated rings.